The Hall–Kier alpha value is -0.680. The number of hydrogen-bond acceptors (Lipinski definition) is 5. The summed E-state index contributed by atoms with van der Waals surface area (Å²) in [4.78, 5) is 4.55. The highest BCUT2D eigenvalue weighted by molar-refractivity contribution is 7.09. The zero-order valence-electron chi connectivity index (χ0n) is 12.3. The van der Waals surface area contributed by atoms with Crippen LogP contribution in [0.3, 0.4) is 0 Å². The summed E-state index contributed by atoms with van der Waals surface area (Å²) in [6.45, 7) is 14.2. The van der Waals surface area contributed by atoms with Gasteiger partial charge in [-0.15, -0.1) is 0 Å². The third kappa shape index (κ3) is 4.53. The van der Waals surface area contributed by atoms with Crippen LogP contribution in [-0.2, 0) is 10.2 Å². The molecule has 0 spiro atoms. The third-order valence-electron chi connectivity index (χ3n) is 2.71. The van der Waals surface area contributed by atoms with Crippen LogP contribution in [0, 0.1) is 5.92 Å². The second-order valence-electron chi connectivity index (χ2n) is 5.83. The maximum Gasteiger partial charge on any atom is 0.202 e. The fourth-order valence-electron chi connectivity index (χ4n) is 1.39. The topological polar surface area (TPSA) is 47.0 Å². The third-order valence-corrected chi connectivity index (χ3v) is 3.36. The van der Waals surface area contributed by atoms with Gasteiger partial charge < -0.3 is 10.1 Å². The fraction of sp³-hybridized carbons (Fsp3) is 0.846. The molecule has 1 heterocycles. The maximum absolute atomic E-state index is 5.50. The van der Waals surface area contributed by atoms with Crippen molar-refractivity contribution < 1.29 is 4.74 Å². The molecule has 1 N–H and O–H groups in total. The van der Waals surface area contributed by atoms with Gasteiger partial charge in [-0.1, -0.05) is 34.6 Å². The van der Waals surface area contributed by atoms with Crippen LogP contribution in [0.1, 0.15) is 47.4 Å². The van der Waals surface area contributed by atoms with E-state index < -0.39 is 0 Å². The van der Waals surface area contributed by atoms with Crippen molar-refractivity contribution in [1.82, 2.24) is 9.36 Å². The summed E-state index contributed by atoms with van der Waals surface area (Å²) in [5.41, 5.74) is 0.00365. The van der Waals surface area contributed by atoms with Crippen molar-refractivity contribution >= 4 is 16.7 Å². The molecule has 1 aromatic rings. The lowest BCUT2D eigenvalue weighted by Gasteiger charge is -2.21. The van der Waals surface area contributed by atoms with Gasteiger partial charge in [0.25, 0.3) is 0 Å². The highest BCUT2D eigenvalue weighted by Crippen LogP contribution is 2.24. The molecule has 5 heteroatoms. The van der Waals surface area contributed by atoms with E-state index in [-0.39, 0.29) is 11.5 Å². The summed E-state index contributed by atoms with van der Waals surface area (Å²) >= 11 is 1.43. The Balaban J connectivity index is 2.66. The summed E-state index contributed by atoms with van der Waals surface area (Å²) < 4.78 is 9.90. The van der Waals surface area contributed by atoms with Crippen LogP contribution in [0.2, 0.25) is 0 Å². The van der Waals surface area contributed by atoms with Gasteiger partial charge in [0.05, 0.1) is 12.6 Å². The Labute approximate surface area is 114 Å². The minimum absolute atomic E-state index is 0.00365. The lowest BCUT2D eigenvalue weighted by atomic mass is 9.96. The number of rotatable bonds is 6. The fourth-order valence-corrected chi connectivity index (χ4v) is 2.21. The molecular formula is C13H25N3OS. The van der Waals surface area contributed by atoms with Crippen LogP contribution in [0.25, 0.3) is 0 Å². The first kappa shape index (κ1) is 15.4. The molecule has 0 amide bonds. The average Bonchev–Trinajstić information content (AvgIpc) is 2.71. The lowest BCUT2D eigenvalue weighted by Crippen LogP contribution is -2.31. The number of aromatic nitrogens is 2. The van der Waals surface area contributed by atoms with E-state index in [1.165, 1.54) is 11.5 Å². The monoisotopic (exact) mass is 271 g/mol. The van der Waals surface area contributed by atoms with E-state index in [2.05, 4.69) is 49.3 Å². The Morgan fingerprint density at radius 1 is 1.33 bits per heavy atom. The van der Waals surface area contributed by atoms with E-state index in [0.29, 0.717) is 12.5 Å². The quantitative estimate of drug-likeness (QED) is 0.862. The zero-order chi connectivity index (χ0) is 13.8. The molecule has 1 unspecified atom stereocenters. The molecule has 18 heavy (non-hydrogen) atoms. The van der Waals surface area contributed by atoms with Crippen molar-refractivity contribution in [3.05, 3.63) is 5.82 Å². The minimum Gasteiger partial charge on any atom is -0.380 e. The van der Waals surface area contributed by atoms with Crippen molar-refractivity contribution in [2.24, 2.45) is 5.92 Å². The highest BCUT2D eigenvalue weighted by Gasteiger charge is 2.21. The molecule has 4 nitrogen and oxygen atoms in total. The van der Waals surface area contributed by atoms with Crippen LogP contribution >= 0.6 is 11.5 Å². The first-order chi connectivity index (χ1) is 8.34. The molecule has 0 fully saturated rings. The van der Waals surface area contributed by atoms with E-state index >= 15 is 0 Å². The van der Waals surface area contributed by atoms with Crippen molar-refractivity contribution in [1.29, 1.82) is 0 Å². The van der Waals surface area contributed by atoms with Crippen LogP contribution in [0.5, 0.6) is 0 Å². The van der Waals surface area contributed by atoms with Gasteiger partial charge in [-0.3, -0.25) is 0 Å². The number of hydrogen-bond donors (Lipinski definition) is 1. The molecule has 0 aliphatic carbocycles. The van der Waals surface area contributed by atoms with Gasteiger partial charge in [0.2, 0.25) is 5.13 Å². The predicted molar refractivity (Wildman–Crippen MR) is 77.4 cm³/mol. The highest BCUT2D eigenvalue weighted by atomic mass is 32.1. The summed E-state index contributed by atoms with van der Waals surface area (Å²) in [5.74, 6) is 1.40. The van der Waals surface area contributed by atoms with Gasteiger partial charge in [0, 0.05) is 23.6 Å². The molecule has 104 valence electrons. The second kappa shape index (κ2) is 6.48. The van der Waals surface area contributed by atoms with Crippen LogP contribution in [0.4, 0.5) is 5.13 Å². The van der Waals surface area contributed by atoms with Crippen molar-refractivity contribution in [3.8, 4) is 0 Å². The number of ether oxygens (including phenoxy) is 1. The average molecular weight is 271 g/mol. The first-order valence-corrected chi connectivity index (χ1v) is 7.30. The molecule has 0 aliphatic heterocycles. The molecule has 0 aliphatic rings. The van der Waals surface area contributed by atoms with Crippen molar-refractivity contribution in [2.75, 3.05) is 18.5 Å². The van der Waals surface area contributed by atoms with Crippen molar-refractivity contribution in [3.63, 3.8) is 0 Å². The first-order valence-electron chi connectivity index (χ1n) is 6.53. The molecule has 0 bridgehead atoms. The van der Waals surface area contributed by atoms with E-state index in [9.17, 15) is 0 Å². The Morgan fingerprint density at radius 3 is 2.44 bits per heavy atom. The van der Waals surface area contributed by atoms with Gasteiger partial charge in [-0.2, -0.15) is 4.37 Å². The van der Waals surface area contributed by atoms with E-state index in [0.717, 1.165) is 17.6 Å². The predicted octanol–water partition coefficient (Wildman–Crippen LogP) is 3.31. The van der Waals surface area contributed by atoms with Crippen LogP contribution in [0.15, 0.2) is 0 Å². The van der Waals surface area contributed by atoms with E-state index in [4.69, 9.17) is 4.74 Å². The van der Waals surface area contributed by atoms with Gasteiger partial charge in [-0.25, -0.2) is 4.98 Å². The zero-order valence-corrected chi connectivity index (χ0v) is 13.1. The summed E-state index contributed by atoms with van der Waals surface area (Å²) in [7, 11) is 0. The Kier molecular flexibility index (Phi) is 5.53. The SMILES string of the molecule is CCOCC(Nc1nc(C(C)(C)C)ns1)C(C)C. The standard InChI is InChI=1S/C13H25N3OS/c1-7-17-8-10(9(2)3)14-12-15-11(16-18-12)13(4,5)6/h9-10H,7-8H2,1-6H3,(H,14,15,16). The molecular weight excluding hydrogens is 246 g/mol. The van der Waals surface area contributed by atoms with Gasteiger partial charge in [-0.05, 0) is 12.8 Å². The summed E-state index contributed by atoms with van der Waals surface area (Å²) in [6.07, 6.45) is 0. The van der Waals surface area contributed by atoms with Crippen molar-refractivity contribution in [2.45, 2.75) is 53.0 Å². The molecule has 0 aromatic carbocycles. The minimum atomic E-state index is 0.00365. The molecule has 1 atom stereocenters. The normalized spacial score (nSPS) is 13.9. The summed E-state index contributed by atoms with van der Waals surface area (Å²) in [6, 6.07) is 0.283. The second-order valence-corrected chi connectivity index (χ2v) is 6.58. The van der Waals surface area contributed by atoms with Gasteiger partial charge >= 0.3 is 0 Å². The number of anilines is 1. The lowest BCUT2D eigenvalue weighted by molar-refractivity contribution is 0.127. The molecule has 0 radical (unpaired) electrons. The Morgan fingerprint density at radius 2 is 2.00 bits per heavy atom. The molecule has 0 saturated heterocycles. The smallest absolute Gasteiger partial charge is 0.202 e. The Bertz CT molecular complexity index is 357. The van der Waals surface area contributed by atoms with Crippen LogP contribution < -0.4 is 5.32 Å². The maximum atomic E-state index is 5.50. The van der Waals surface area contributed by atoms with Gasteiger partial charge in [0.15, 0.2) is 0 Å². The molecule has 1 rings (SSSR count). The number of nitrogens with zero attached hydrogens (tertiary/aromatic N) is 2. The molecule has 1 aromatic heterocycles. The van der Waals surface area contributed by atoms with E-state index in [1.54, 1.807) is 0 Å². The van der Waals surface area contributed by atoms with E-state index in [1.807, 2.05) is 6.92 Å². The molecule has 0 saturated carbocycles. The number of nitrogens with one attached hydrogen (secondary N) is 1. The van der Waals surface area contributed by atoms with Gasteiger partial charge in [0.1, 0.15) is 5.82 Å². The largest absolute Gasteiger partial charge is 0.380 e. The van der Waals surface area contributed by atoms with Crippen LogP contribution in [-0.4, -0.2) is 28.6 Å². The summed E-state index contributed by atoms with van der Waals surface area (Å²) in [5, 5.41) is 4.31.